The largest absolute Gasteiger partial charge is 0.454 e. The summed E-state index contributed by atoms with van der Waals surface area (Å²) in [5.74, 6) is 0.886. The highest BCUT2D eigenvalue weighted by Crippen LogP contribution is 2.32. The maximum Gasteiger partial charge on any atom is 0.270 e. The van der Waals surface area contributed by atoms with Crippen molar-refractivity contribution in [2.24, 2.45) is 0 Å². The molecule has 0 aliphatic carbocycles. The number of carbonyl (C=O) groups excluding carboxylic acids is 1. The third kappa shape index (κ3) is 3.92. The molecule has 0 radical (unpaired) electrons. The molecule has 2 heterocycles. The van der Waals surface area contributed by atoms with Crippen LogP contribution in [-0.4, -0.2) is 33.1 Å². The third-order valence-electron chi connectivity index (χ3n) is 4.63. The molecule has 4 rings (SSSR count). The fourth-order valence-electron chi connectivity index (χ4n) is 2.95. The van der Waals surface area contributed by atoms with Gasteiger partial charge in [-0.25, -0.2) is 8.42 Å². The molecule has 0 saturated carbocycles. The number of anilines is 1. The molecule has 2 aromatic carbocycles. The van der Waals surface area contributed by atoms with Crippen LogP contribution in [0.3, 0.4) is 0 Å². The number of aromatic nitrogens is 1. The predicted molar refractivity (Wildman–Crippen MR) is 110 cm³/mol. The Kier molecular flexibility index (Phi) is 5.28. The van der Waals surface area contributed by atoms with Crippen molar-refractivity contribution in [2.45, 2.75) is 11.4 Å². The standard InChI is InChI=1S/C21H19N3O5S/c1-24(30(26,27)17-5-3-2-4-6-17)16-9-10-22-18(12-16)21(25)23-13-15-7-8-19-20(11-15)29-14-28-19/h2-12H,13-14H2,1H3,(H,23,25). The molecule has 1 aromatic heterocycles. The average Bonchev–Trinajstić information content (AvgIpc) is 3.25. The van der Waals surface area contributed by atoms with E-state index < -0.39 is 15.9 Å². The van der Waals surface area contributed by atoms with Crippen molar-refractivity contribution in [1.82, 2.24) is 10.3 Å². The monoisotopic (exact) mass is 425 g/mol. The molecule has 8 nitrogen and oxygen atoms in total. The maximum absolute atomic E-state index is 12.8. The molecule has 1 aliphatic rings. The highest BCUT2D eigenvalue weighted by atomic mass is 32.2. The second-order valence-electron chi connectivity index (χ2n) is 6.56. The second-order valence-corrected chi connectivity index (χ2v) is 8.52. The summed E-state index contributed by atoms with van der Waals surface area (Å²) >= 11 is 0. The van der Waals surface area contributed by atoms with Crippen LogP contribution in [0.2, 0.25) is 0 Å². The van der Waals surface area contributed by atoms with E-state index in [1.165, 1.54) is 37.5 Å². The molecule has 30 heavy (non-hydrogen) atoms. The van der Waals surface area contributed by atoms with Crippen molar-refractivity contribution < 1.29 is 22.7 Å². The number of ether oxygens (including phenoxy) is 2. The molecular formula is C21H19N3O5S. The summed E-state index contributed by atoms with van der Waals surface area (Å²) in [6, 6.07) is 16.5. The van der Waals surface area contributed by atoms with Crippen LogP contribution in [0.15, 0.2) is 71.8 Å². The van der Waals surface area contributed by atoms with E-state index in [1.807, 2.05) is 6.07 Å². The first-order valence-corrected chi connectivity index (χ1v) is 10.6. The van der Waals surface area contributed by atoms with Crippen LogP contribution >= 0.6 is 0 Å². The van der Waals surface area contributed by atoms with Gasteiger partial charge in [0, 0.05) is 19.8 Å². The number of hydrogen-bond acceptors (Lipinski definition) is 6. The third-order valence-corrected chi connectivity index (χ3v) is 6.43. The molecule has 0 atom stereocenters. The number of benzene rings is 2. The van der Waals surface area contributed by atoms with Gasteiger partial charge in [0.15, 0.2) is 11.5 Å². The Morgan fingerprint density at radius 3 is 2.63 bits per heavy atom. The van der Waals surface area contributed by atoms with Gasteiger partial charge in [0.25, 0.3) is 15.9 Å². The first-order valence-electron chi connectivity index (χ1n) is 9.12. The summed E-state index contributed by atoms with van der Waals surface area (Å²) in [6.07, 6.45) is 1.40. The Morgan fingerprint density at radius 2 is 1.83 bits per heavy atom. The average molecular weight is 425 g/mol. The SMILES string of the molecule is CN(c1ccnc(C(=O)NCc2ccc3c(c2)OCO3)c1)S(=O)(=O)c1ccccc1. The zero-order chi connectivity index (χ0) is 21.1. The normalized spacial score (nSPS) is 12.4. The molecule has 0 saturated heterocycles. The molecule has 0 fully saturated rings. The minimum absolute atomic E-state index is 0.114. The van der Waals surface area contributed by atoms with E-state index in [9.17, 15) is 13.2 Å². The van der Waals surface area contributed by atoms with Gasteiger partial charge in [-0.3, -0.25) is 14.1 Å². The first-order chi connectivity index (χ1) is 14.4. The minimum Gasteiger partial charge on any atom is -0.454 e. The smallest absolute Gasteiger partial charge is 0.270 e. The summed E-state index contributed by atoms with van der Waals surface area (Å²) in [4.78, 5) is 16.8. The van der Waals surface area contributed by atoms with Gasteiger partial charge < -0.3 is 14.8 Å². The van der Waals surface area contributed by atoms with Crippen molar-refractivity contribution in [2.75, 3.05) is 18.1 Å². The zero-order valence-electron chi connectivity index (χ0n) is 16.1. The number of nitrogens with one attached hydrogen (secondary N) is 1. The van der Waals surface area contributed by atoms with Crippen LogP contribution < -0.4 is 19.1 Å². The number of nitrogens with zero attached hydrogens (tertiary/aromatic N) is 2. The summed E-state index contributed by atoms with van der Waals surface area (Å²) < 4.78 is 37.3. The Hall–Kier alpha value is -3.59. The van der Waals surface area contributed by atoms with Crippen LogP contribution in [0.4, 0.5) is 5.69 Å². The molecule has 154 valence electrons. The molecule has 3 aromatic rings. The van der Waals surface area contributed by atoms with Crippen molar-refractivity contribution >= 4 is 21.6 Å². The lowest BCUT2D eigenvalue weighted by molar-refractivity contribution is 0.0946. The van der Waals surface area contributed by atoms with E-state index in [0.717, 1.165) is 9.87 Å². The Balaban J connectivity index is 1.48. The summed E-state index contributed by atoms with van der Waals surface area (Å²) in [7, 11) is -2.31. The van der Waals surface area contributed by atoms with E-state index in [1.54, 1.807) is 30.3 Å². The molecule has 0 spiro atoms. The Bertz CT molecular complexity index is 1180. The van der Waals surface area contributed by atoms with E-state index in [2.05, 4.69) is 10.3 Å². The summed E-state index contributed by atoms with van der Waals surface area (Å²) in [5.41, 5.74) is 1.29. The number of sulfonamides is 1. The van der Waals surface area contributed by atoms with Crippen molar-refractivity contribution in [1.29, 1.82) is 0 Å². The quantitative estimate of drug-likeness (QED) is 0.652. The number of carbonyl (C=O) groups is 1. The molecule has 0 unspecified atom stereocenters. The van der Waals surface area contributed by atoms with Gasteiger partial charge in [-0.15, -0.1) is 0 Å². The fraction of sp³-hybridized carbons (Fsp3) is 0.143. The summed E-state index contributed by atoms with van der Waals surface area (Å²) in [6.45, 7) is 0.445. The van der Waals surface area contributed by atoms with Crippen LogP contribution in [-0.2, 0) is 16.6 Å². The molecular weight excluding hydrogens is 406 g/mol. The zero-order valence-corrected chi connectivity index (χ0v) is 16.9. The van der Waals surface area contributed by atoms with Gasteiger partial charge in [-0.1, -0.05) is 24.3 Å². The van der Waals surface area contributed by atoms with Gasteiger partial charge in [0.1, 0.15) is 5.69 Å². The topological polar surface area (TPSA) is 97.8 Å². The van der Waals surface area contributed by atoms with E-state index in [4.69, 9.17) is 9.47 Å². The number of amides is 1. The van der Waals surface area contributed by atoms with Crippen LogP contribution in [0.25, 0.3) is 0 Å². The van der Waals surface area contributed by atoms with Gasteiger partial charge >= 0.3 is 0 Å². The van der Waals surface area contributed by atoms with Crippen LogP contribution in [0.5, 0.6) is 11.5 Å². The Morgan fingerprint density at radius 1 is 1.07 bits per heavy atom. The molecule has 1 amide bonds. The molecule has 1 aliphatic heterocycles. The van der Waals surface area contributed by atoms with E-state index >= 15 is 0 Å². The van der Waals surface area contributed by atoms with Crippen LogP contribution in [0, 0.1) is 0 Å². The van der Waals surface area contributed by atoms with Gasteiger partial charge in [-0.05, 0) is 42.0 Å². The lowest BCUT2D eigenvalue weighted by Crippen LogP contribution is -2.28. The number of pyridine rings is 1. The summed E-state index contributed by atoms with van der Waals surface area (Å²) in [5, 5.41) is 2.78. The Labute approximate surface area is 174 Å². The van der Waals surface area contributed by atoms with Gasteiger partial charge in [0.05, 0.1) is 10.6 Å². The lowest BCUT2D eigenvalue weighted by atomic mass is 10.2. The van der Waals surface area contributed by atoms with Crippen molar-refractivity contribution in [3.63, 3.8) is 0 Å². The van der Waals surface area contributed by atoms with Crippen molar-refractivity contribution in [3.05, 3.63) is 78.1 Å². The van der Waals surface area contributed by atoms with Gasteiger partial charge in [-0.2, -0.15) is 0 Å². The number of rotatable bonds is 6. The number of fused-ring (bicyclic) bond motifs is 1. The maximum atomic E-state index is 12.8. The fourth-order valence-corrected chi connectivity index (χ4v) is 4.16. The van der Waals surface area contributed by atoms with Crippen LogP contribution in [0.1, 0.15) is 16.1 Å². The van der Waals surface area contributed by atoms with E-state index in [-0.39, 0.29) is 23.9 Å². The number of hydrogen-bond donors (Lipinski definition) is 1. The molecule has 0 bridgehead atoms. The second kappa shape index (κ2) is 8.03. The minimum atomic E-state index is -3.75. The molecule has 1 N–H and O–H groups in total. The first kappa shape index (κ1) is 19.7. The molecule has 9 heteroatoms. The lowest BCUT2D eigenvalue weighted by Gasteiger charge is -2.19. The highest BCUT2D eigenvalue weighted by molar-refractivity contribution is 7.92. The van der Waals surface area contributed by atoms with E-state index in [0.29, 0.717) is 17.2 Å². The highest BCUT2D eigenvalue weighted by Gasteiger charge is 2.22. The van der Waals surface area contributed by atoms with Crippen molar-refractivity contribution in [3.8, 4) is 11.5 Å². The predicted octanol–water partition coefficient (Wildman–Crippen LogP) is 2.57. The van der Waals surface area contributed by atoms with Gasteiger partial charge in [0.2, 0.25) is 6.79 Å².